The molecule has 9 heteroatoms. The number of carbonyl (C=O) groups is 1. The van der Waals surface area contributed by atoms with Gasteiger partial charge in [0, 0.05) is 21.0 Å². The number of amides is 1. The lowest BCUT2D eigenvalue weighted by atomic mass is 10.2. The highest BCUT2D eigenvalue weighted by atomic mass is 32.2. The molecule has 0 radical (unpaired) electrons. The largest absolute Gasteiger partial charge is 0.497 e. The van der Waals surface area contributed by atoms with Gasteiger partial charge in [0.1, 0.15) is 5.75 Å². The average Bonchev–Trinajstić information content (AvgIpc) is 3.44. The molecule has 4 aromatic rings. The van der Waals surface area contributed by atoms with Crippen molar-refractivity contribution in [2.45, 2.75) is 19.0 Å². The van der Waals surface area contributed by atoms with Gasteiger partial charge in [-0.2, -0.15) is 5.10 Å². The second-order valence-corrected chi connectivity index (χ2v) is 9.50. The number of thiophene rings is 1. The number of ether oxygens (including phenoxy) is 1. The topological polar surface area (TPSA) is 81.4 Å². The Morgan fingerprint density at radius 3 is 2.52 bits per heavy atom. The van der Waals surface area contributed by atoms with Crippen LogP contribution in [0.5, 0.6) is 5.75 Å². The van der Waals surface area contributed by atoms with Crippen LogP contribution in [-0.4, -0.2) is 39.7 Å². The lowest BCUT2D eigenvalue weighted by Crippen LogP contribution is -2.19. The Morgan fingerprint density at radius 2 is 1.85 bits per heavy atom. The molecule has 0 aliphatic heterocycles. The maximum atomic E-state index is 12.3. The molecule has 0 atom stereocenters. The fourth-order valence-corrected chi connectivity index (χ4v) is 4.56. The lowest BCUT2D eigenvalue weighted by molar-refractivity contribution is -0.118. The fourth-order valence-electron chi connectivity index (χ4n) is 3.07. The summed E-state index contributed by atoms with van der Waals surface area (Å²) < 4.78 is 7.22. The molecule has 0 aliphatic carbocycles. The van der Waals surface area contributed by atoms with Gasteiger partial charge in [0.25, 0.3) is 5.91 Å². The standard InChI is InChI=1S/C24H23N5O2S2/c1-16-4-9-19(10-5-16)29-23(18-7-11-20(31-3)12-8-18)27-28-24(29)32-15-22(30)26-25-14-21-13-6-17(2)33-21/h4-14H,15H2,1-3H3,(H,26,30)/b25-14+. The summed E-state index contributed by atoms with van der Waals surface area (Å²) in [6, 6.07) is 19.7. The second-order valence-electron chi connectivity index (χ2n) is 7.24. The van der Waals surface area contributed by atoms with Crippen LogP contribution in [0.15, 0.2) is 70.9 Å². The van der Waals surface area contributed by atoms with E-state index in [4.69, 9.17) is 4.74 Å². The number of benzene rings is 2. The molecule has 0 fully saturated rings. The van der Waals surface area contributed by atoms with E-state index in [2.05, 4.69) is 20.7 Å². The molecule has 7 nitrogen and oxygen atoms in total. The summed E-state index contributed by atoms with van der Waals surface area (Å²) in [5, 5.41) is 13.4. The molecular formula is C24H23N5O2S2. The van der Waals surface area contributed by atoms with E-state index in [-0.39, 0.29) is 11.7 Å². The molecule has 1 N–H and O–H groups in total. The Kier molecular flexibility index (Phi) is 7.21. The molecular weight excluding hydrogens is 454 g/mol. The van der Waals surface area contributed by atoms with Crippen LogP contribution in [0.4, 0.5) is 0 Å². The van der Waals surface area contributed by atoms with Crippen molar-refractivity contribution in [2.75, 3.05) is 12.9 Å². The molecule has 0 saturated heterocycles. The third-order valence-electron chi connectivity index (χ3n) is 4.75. The van der Waals surface area contributed by atoms with Gasteiger partial charge in [-0.05, 0) is 62.4 Å². The number of nitrogens with one attached hydrogen (secondary N) is 1. The van der Waals surface area contributed by atoms with E-state index in [1.54, 1.807) is 24.7 Å². The fraction of sp³-hybridized carbons (Fsp3) is 0.167. The van der Waals surface area contributed by atoms with Crippen molar-refractivity contribution in [3.05, 3.63) is 76.0 Å². The number of methoxy groups -OCH3 is 1. The van der Waals surface area contributed by atoms with Crippen molar-refractivity contribution in [1.29, 1.82) is 0 Å². The zero-order valence-corrected chi connectivity index (χ0v) is 20.1. The van der Waals surface area contributed by atoms with Crippen LogP contribution in [0.2, 0.25) is 0 Å². The minimum atomic E-state index is -0.214. The number of carbonyl (C=O) groups excluding carboxylic acids is 1. The van der Waals surface area contributed by atoms with E-state index in [1.807, 2.05) is 79.1 Å². The summed E-state index contributed by atoms with van der Waals surface area (Å²) in [5.74, 6) is 1.40. The van der Waals surface area contributed by atoms with Crippen LogP contribution in [-0.2, 0) is 4.79 Å². The Balaban J connectivity index is 1.53. The van der Waals surface area contributed by atoms with Gasteiger partial charge in [0.2, 0.25) is 0 Å². The van der Waals surface area contributed by atoms with Crippen LogP contribution in [0.1, 0.15) is 15.3 Å². The molecule has 0 unspecified atom stereocenters. The number of hydrogen-bond acceptors (Lipinski definition) is 7. The number of rotatable bonds is 8. The van der Waals surface area contributed by atoms with Gasteiger partial charge in [-0.3, -0.25) is 9.36 Å². The van der Waals surface area contributed by atoms with Gasteiger partial charge in [-0.25, -0.2) is 5.43 Å². The smallest absolute Gasteiger partial charge is 0.250 e. The molecule has 2 heterocycles. The molecule has 4 rings (SSSR count). The first-order valence-corrected chi connectivity index (χ1v) is 12.0. The van der Waals surface area contributed by atoms with Gasteiger partial charge >= 0.3 is 0 Å². The number of aromatic nitrogens is 3. The van der Waals surface area contributed by atoms with Crippen molar-refractivity contribution in [1.82, 2.24) is 20.2 Å². The number of hydrogen-bond donors (Lipinski definition) is 1. The van der Waals surface area contributed by atoms with E-state index < -0.39 is 0 Å². The molecule has 0 aliphatic rings. The lowest BCUT2D eigenvalue weighted by Gasteiger charge is -2.11. The minimum absolute atomic E-state index is 0.160. The van der Waals surface area contributed by atoms with Gasteiger partial charge in [0.15, 0.2) is 11.0 Å². The first-order chi connectivity index (χ1) is 16.0. The number of aryl methyl sites for hydroxylation is 2. The Hall–Kier alpha value is -3.43. The molecule has 0 bridgehead atoms. The summed E-state index contributed by atoms with van der Waals surface area (Å²) in [6.07, 6.45) is 1.65. The van der Waals surface area contributed by atoms with Gasteiger partial charge in [-0.15, -0.1) is 21.5 Å². The maximum Gasteiger partial charge on any atom is 0.250 e. The van der Waals surface area contributed by atoms with Crippen LogP contribution in [0.3, 0.4) is 0 Å². The minimum Gasteiger partial charge on any atom is -0.497 e. The van der Waals surface area contributed by atoms with E-state index in [0.29, 0.717) is 11.0 Å². The molecule has 168 valence electrons. The first kappa shape index (κ1) is 22.8. The first-order valence-electron chi connectivity index (χ1n) is 10.2. The van der Waals surface area contributed by atoms with Crippen molar-refractivity contribution >= 4 is 35.2 Å². The summed E-state index contributed by atoms with van der Waals surface area (Å²) in [4.78, 5) is 14.5. The predicted octanol–water partition coefficient (Wildman–Crippen LogP) is 4.86. The summed E-state index contributed by atoms with van der Waals surface area (Å²) in [5.41, 5.74) is 5.55. The van der Waals surface area contributed by atoms with Crippen molar-refractivity contribution in [2.24, 2.45) is 5.10 Å². The summed E-state index contributed by atoms with van der Waals surface area (Å²) >= 11 is 2.93. The number of hydrazone groups is 1. The normalized spacial score (nSPS) is 11.1. The highest BCUT2D eigenvalue weighted by Crippen LogP contribution is 2.29. The molecule has 0 spiro atoms. The van der Waals surface area contributed by atoms with E-state index in [9.17, 15) is 4.79 Å². The van der Waals surface area contributed by atoms with Crippen LogP contribution in [0, 0.1) is 13.8 Å². The monoisotopic (exact) mass is 477 g/mol. The van der Waals surface area contributed by atoms with Gasteiger partial charge in [0.05, 0.1) is 19.1 Å². The third kappa shape index (κ3) is 5.68. The van der Waals surface area contributed by atoms with E-state index >= 15 is 0 Å². The zero-order chi connectivity index (χ0) is 23.2. The SMILES string of the molecule is COc1ccc(-c2nnc(SCC(=O)N/N=C/c3ccc(C)s3)n2-c2ccc(C)cc2)cc1. The van der Waals surface area contributed by atoms with Gasteiger partial charge < -0.3 is 4.74 Å². The summed E-state index contributed by atoms with van der Waals surface area (Å²) in [6.45, 7) is 4.07. The quantitative estimate of drug-likeness (QED) is 0.223. The Labute approximate surface area is 200 Å². The second kappa shape index (κ2) is 10.5. The Bertz CT molecular complexity index is 1260. The predicted molar refractivity (Wildman–Crippen MR) is 134 cm³/mol. The number of thioether (sulfide) groups is 1. The van der Waals surface area contributed by atoms with Gasteiger partial charge in [-0.1, -0.05) is 29.5 Å². The molecule has 2 aromatic heterocycles. The van der Waals surface area contributed by atoms with Crippen molar-refractivity contribution in [3.8, 4) is 22.8 Å². The molecule has 2 aromatic carbocycles. The average molecular weight is 478 g/mol. The molecule has 0 saturated carbocycles. The van der Waals surface area contributed by atoms with E-state index in [0.717, 1.165) is 27.4 Å². The zero-order valence-electron chi connectivity index (χ0n) is 18.5. The summed E-state index contributed by atoms with van der Waals surface area (Å²) in [7, 11) is 1.63. The van der Waals surface area contributed by atoms with Crippen LogP contribution < -0.4 is 10.2 Å². The Morgan fingerprint density at radius 1 is 1.09 bits per heavy atom. The molecule has 1 amide bonds. The highest BCUT2D eigenvalue weighted by Gasteiger charge is 2.17. The number of nitrogens with zero attached hydrogens (tertiary/aromatic N) is 4. The highest BCUT2D eigenvalue weighted by molar-refractivity contribution is 7.99. The van der Waals surface area contributed by atoms with E-state index in [1.165, 1.54) is 16.6 Å². The van der Waals surface area contributed by atoms with Crippen LogP contribution in [0.25, 0.3) is 17.1 Å². The van der Waals surface area contributed by atoms with Crippen molar-refractivity contribution in [3.63, 3.8) is 0 Å². The van der Waals surface area contributed by atoms with Crippen molar-refractivity contribution < 1.29 is 9.53 Å². The third-order valence-corrected chi connectivity index (χ3v) is 6.61. The molecule has 33 heavy (non-hydrogen) atoms. The maximum absolute atomic E-state index is 12.3. The van der Waals surface area contributed by atoms with Crippen LogP contribution >= 0.6 is 23.1 Å².